The Morgan fingerprint density at radius 3 is 2.93 bits per heavy atom. The second-order valence-electron chi connectivity index (χ2n) is 3.99. The molecule has 4 nitrogen and oxygen atoms in total. The molecule has 0 aliphatic carbocycles. The summed E-state index contributed by atoms with van der Waals surface area (Å²) in [6.45, 7) is 10.6. The first kappa shape index (κ1) is 10.6. The quantitative estimate of drug-likeness (QED) is 0.795. The van der Waals surface area contributed by atoms with E-state index in [9.17, 15) is 0 Å². The molecule has 1 aliphatic heterocycles. The summed E-state index contributed by atoms with van der Waals surface area (Å²) in [5, 5.41) is 7.98. The highest BCUT2D eigenvalue weighted by Crippen LogP contribution is 2.09. The average Bonchev–Trinajstić information content (AvgIpc) is 2.68. The van der Waals surface area contributed by atoms with Crippen LogP contribution in [0, 0.1) is 0 Å². The fraction of sp³-hybridized carbons (Fsp3) is 0.727. The number of nitrogens with zero attached hydrogens (tertiary/aromatic N) is 3. The summed E-state index contributed by atoms with van der Waals surface area (Å²) in [5.74, 6) is 0. The number of fused-ring (bicyclic) bond motifs is 1. The van der Waals surface area contributed by atoms with Crippen LogP contribution < -0.4 is 5.32 Å². The highest BCUT2D eigenvalue weighted by atomic mass is 15.3. The lowest BCUT2D eigenvalue weighted by molar-refractivity contribution is 0.290. The molecule has 0 saturated heterocycles. The zero-order valence-electron chi connectivity index (χ0n) is 9.66. The summed E-state index contributed by atoms with van der Waals surface area (Å²) in [5.41, 5.74) is 2.53. The van der Waals surface area contributed by atoms with Gasteiger partial charge >= 0.3 is 0 Å². The third kappa shape index (κ3) is 2.38. The van der Waals surface area contributed by atoms with E-state index < -0.39 is 0 Å². The minimum absolute atomic E-state index is 0.964. The molecule has 0 radical (unpaired) electrons. The van der Waals surface area contributed by atoms with Crippen LogP contribution in [0.5, 0.6) is 0 Å². The summed E-state index contributed by atoms with van der Waals surface area (Å²) in [6.07, 6.45) is 0. The molecular weight excluding hydrogens is 188 g/mol. The largest absolute Gasteiger partial charge is 0.309 e. The molecule has 2 rings (SSSR count). The van der Waals surface area contributed by atoms with E-state index in [0.29, 0.717) is 0 Å². The molecule has 0 unspecified atom stereocenters. The zero-order chi connectivity index (χ0) is 10.7. The molecule has 4 heteroatoms. The number of nitrogens with one attached hydrogen (secondary N) is 1. The third-order valence-electron chi connectivity index (χ3n) is 3.00. The Morgan fingerprint density at radius 2 is 2.27 bits per heavy atom. The number of hydrogen-bond acceptors (Lipinski definition) is 3. The van der Waals surface area contributed by atoms with Gasteiger partial charge in [-0.2, -0.15) is 5.10 Å². The Kier molecular flexibility index (Phi) is 3.38. The molecule has 0 fully saturated rings. The van der Waals surface area contributed by atoms with Crippen LogP contribution in [0.3, 0.4) is 0 Å². The van der Waals surface area contributed by atoms with Gasteiger partial charge in [-0.3, -0.25) is 9.58 Å². The lowest BCUT2D eigenvalue weighted by Crippen LogP contribution is -2.28. The van der Waals surface area contributed by atoms with Crippen molar-refractivity contribution in [2.75, 3.05) is 19.6 Å². The van der Waals surface area contributed by atoms with Gasteiger partial charge in [0.05, 0.1) is 17.9 Å². The molecular formula is C11H20N4. The maximum Gasteiger partial charge on any atom is 0.0768 e. The summed E-state index contributed by atoms with van der Waals surface area (Å²) in [4.78, 5) is 2.39. The molecule has 0 bridgehead atoms. The molecule has 1 N–H and O–H groups in total. The van der Waals surface area contributed by atoms with E-state index in [1.165, 1.54) is 11.4 Å². The van der Waals surface area contributed by atoms with Crippen LogP contribution in [-0.4, -0.2) is 34.3 Å². The number of aromatic nitrogens is 2. The van der Waals surface area contributed by atoms with Gasteiger partial charge in [-0.25, -0.2) is 0 Å². The third-order valence-corrected chi connectivity index (χ3v) is 3.00. The summed E-state index contributed by atoms with van der Waals surface area (Å²) < 4.78 is 2.13. The van der Waals surface area contributed by atoms with Crippen molar-refractivity contribution in [1.82, 2.24) is 20.0 Å². The van der Waals surface area contributed by atoms with Gasteiger partial charge in [0, 0.05) is 19.6 Å². The van der Waals surface area contributed by atoms with Crippen LogP contribution in [0.4, 0.5) is 0 Å². The summed E-state index contributed by atoms with van der Waals surface area (Å²) in [7, 11) is 0. The molecule has 0 atom stereocenters. The van der Waals surface area contributed by atoms with Crippen molar-refractivity contribution < 1.29 is 0 Å². The Morgan fingerprint density at radius 1 is 1.47 bits per heavy atom. The van der Waals surface area contributed by atoms with E-state index in [1.807, 2.05) is 0 Å². The molecule has 84 valence electrons. The predicted molar refractivity (Wildman–Crippen MR) is 60.6 cm³/mol. The van der Waals surface area contributed by atoms with Crippen molar-refractivity contribution in [2.45, 2.75) is 33.5 Å². The Hall–Kier alpha value is -0.870. The minimum Gasteiger partial charge on any atom is -0.309 e. The second kappa shape index (κ2) is 4.77. The van der Waals surface area contributed by atoms with Crippen molar-refractivity contribution in [1.29, 1.82) is 0 Å². The van der Waals surface area contributed by atoms with Crippen molar-refractivity contribution >= 4 is 0 Å². The van der Waals surface area contributed by atoms with Gasteiger partial charge in [0.1, 0.15) is 0 Å². The van der Waals surface area contributed by atoms with Crippen LogP contribution in [0.2, 0.25) is 0 Å². The van der Waals surface area contributed by atoms with Crippen molar-refractivity contribution in [2.24, 2.45) is 0 Å². The fourth-order valence-corrected chi connectivity index (χ4v) is 2.01. The normalized spacial score (nSPS) is 15.7. The molecule has 2 heterocycles. The van der Waals surface area contributed by atoms with Gasteiger partial charge in [-0.1, -0.05) is 13.8 Å². The Bertz CT molecular complexity index is 291. The van der Waals surface area contributed by atoms with E-state index in [1.54, 1.807) is 0 Å². The van der Waals surface area contributed by atoms with E-state index in [4.69, 9.17) is 0 Å². The van der Waals surface area contributed by atoms with Crippen LogP contribution in [-0.2, 0) is 19.6 Å². The summed E-state index contributed by atoms with van der Waals surface area (Å²) in [6, 6.07) is 2.23. The zero-order valence-corrected chi connectivity index (χ0v) is 9.66. The maximum atomic E-state index is 4.62. The van der Waals surface area contributed by atoms with E-state index in [-0.39, 0.29) is 0 Å². The van der Waals surface area contributed by atoms with Crippen LogP contribution in [0.15, 0.2) is 6.07 Å². The van der Waals surface area contributed by atoms with Gasteiger partial charge in [0.25, 0.3) is 0 Å². The molecule has 1 aromatic rings. The van der Waals surface area contributed by atoms with Crippen LogP contribution >= 0.6 is 0 Å². The highest BCUT2D eigenvalue weighted by molar-refractivity contribution is 5.11. The van der Waals surface area contributed by atoms with Crippen LogP contribution in [0.1, 0.15) is 25.2 Å². The first-order chi connectivity index (χ1) is 7.33. The minimum atomic E-state index is 0.964. The molecule has 1 aromatic heterocycles. The van der Waals surface area contributed by atoms with Gasteiger partial charge in [0.15, 0.2) is 0 Å². The van der Waals surface area contributed by atoms with Gasteiger partial charge < -0.3 is 5.32 Å². The number of hydrogen-bond donors (Lipinski definition) is 1. The lowest BCUT2D eigenvalue weighted by atomic mass is 10.3. The Balaban J connectivity index is 2.05. The van der Waals surface area contributed by atoms with E-state index in [0.717, 1.165) is 39.3 Å². The van der Waals surface area contributed by atoms with Crippen molar-refractivity contribution in [3.8, 4) is 0 Å². The first-order valence-corrected chi connectivity index (χ1v) is 5.82. The van der Waals surface area contributed by atoms with Crippen LogP contribution in [0.25, 0.3) is 0 Å². The SMILES string of the molecule is CCN(CC)Cc1cc2n(n1)CCNC2. The second-order valence-corrected chi connectivity index (χ2v) is 3.99. The van der Waals surface area contributed by atoms with Gasteiger partial charge in [0.2, 0.25) is 0 Å². The van der Waals surface area contributed by atoms with Crippen molar-refractivity contribution in [3.05, 3.63) is 17.5 Å². The maximum absolute atomic E-state index is 4.62. The standard InChI is InChI=1S/C11H20N4/c1-3-14(4-2)9-10-7-11-8-12-5-6-15(11)13-10/h7,12H,3-6,8-9H2,1-2H3. The molecule has 0 aromatic carbocycles. The van der Waals surface area contributed by atoms with E-state index >= 15 is 0 Å². The molecule has 0 spiro atoms. The van der Waals surface area contributed by atoms with Gasteiger partial charge in [-0.05, 0) is 19.2 Å². The fourth-order valence-electron chi connectivity index (χ4n) is 2.01. The molecule has 1 aliphatic rings. The van der Waals surface area contributed by atoms with Crippen molar-refractivity contribution in [3.63, 3.8) is 0 Å². The molecule has 0 amide bonds. The average molecular weight is 208 g/mol. The predicted octanol–water partition coefficient (Wildman–Crippen LogP) is 0.828. The Labute approximate surface area is 91.3 Å². The first-order valence-electron chi connectivity index (χ1n) is 5.82. The number of rotatable bonds is 4. The van der Waals surface area contributed by atoms with Gasteiger partial charge in [-0.15, -0.1) is 0 Å². The molecule has 15 heavy (non-hydrogen) atoms. The molecule has 0 saturated carbocycles. The summed E-state index contributed by atoms with van der Waals surface area (Å²) >= 11 is 0. The topological polar surface area (TPSA) is 33.1 Å². The van der Waals surface area contributed by atoms with E-state index in [2.05, 4.69) is 39.9 Å². The lowest BCUT2D eigenvalue weighted by Gasteiger charge is -2.15. The monoisotopic (exact) mass is 208 g/mol. The highest BCUT2D eigenvalue weighted by Gasteiger charge is 2.12. The smallest absolute Gasteiger partial charge is 0.0768 e.